The number of nitrogens with one attached hydrogen (secondary N) is 2. The molecule has 1 aromatic carbocycles. The fourth-order valence-electron chi connectivity index (χ4n) is 2.24. The molecule has 0 aromatic heterocycles. The number of amides is 1. The maximum absolute atomic E-state index is 12.0. The summed E-state index contributed by atoms with van der Waals surface area (Å²) in [6, 6.07) is 5.63. The third-order valence-electron chi connectivity index (χ3n) is 4.22. The van der Waals surface area contributed by atoms with E-state index in [4.69, 9.17) is 5.11 Å². The standard InChI is InChI=1S/C15H18N2O5S/c18-13(16-9-15(7-8-15)14(19)20)10-1-5-12(6-2-10)23(21,22)17-11-3-4-11/h1-2,5-6,11,17H,3-4,7-9H2,(H,16,18)(H,19,20). The highest BCUT2D eigenvalue weighted by molar-refractivity contribution is 7.89. The van der Waals surface area contributed by atoms with Gasteiger partial charge in [-0.05, 0) is 49.9 Å². The highest BCUT2D eigenvalue weighted by Gasteiger charge is 2.50. The summed E-state index contributed by atoms with van der Waals surface area (Å²) in [7, 11) is -3.54. The fraction of sp³-hybridized carbons (Fsp3) is 0.467. The van der Waals surface area contributed by atoms with Gasteiger partial charge in [-0.3, -0.25) is 9.59 Å². The highest BCUT2D eigenvalue weighted by atomic mass is 32.2. The van der Waals surface area contributed by atoms with Crippen LogP contribution in [0.3, 0.4) is 0 Å². The second kappa shape index (κ2) is 5.61. The molecule has 2 aliphatic rings. The molecule has 0 spiro atoms. The number of aliphatic carboxylic acids is 1. The Balaban J connectivity index is 1.62. The zero-order valence-corrected chi connectivity index (χ0v) is 13.2. The highest BCUT2D eigenvalue weighted by Crippen LogP contribution is 2.45. The van der Waals surface area contributed by atoms with Crippen molar-refractivity contribution in [2.45, 2.75) is 36.6 Å². The summed E-state index contributed by atoms with van der Waals surface area (Å²) in [6.45, 7) is 0.0878. The average molecular weight is 338 g/mol. The van der Waals surface area contributed by atoms with Crippen molar-refractivity contribution in [2.24, 2.45) is 5.41 Å². The van der Waals surface area contributed by atoms with Crippen molar-refractivity contribution in [3.8, 4) is 0 Å². The Bertz CT molecular complexity index is 734. The zero-order chi connectivity index (χ0) is 16.7. The first-order valence-electron chi connectivity index (χ1n) is 7.46. The third kappa shape index (κ3) is 3.53. The van der Waals surface area contributed by atoms with Crippen LogP contribution in [0.4, 0.5) is 0 Å². The van der Waals surface area contributed by atoms with Crippen molar-refractivity contribution in [3.63, 3.8) is 0 Å². The van der Waals surface area contributed by atoms with Crippen LogP contribution in [0.2, 0.25) is 0 Å². The van der Waals surface area contributed by atoms with Crippen LogP contribution in [-0.2, 0) is 14.8 Å². The minimum atomic E-state index is -3.54. The molecular formula is C15H18N2O5S. The molecule has 0 atom stereocenters. The Labute approximate surface area is 134 Å². The van der Waals surface area contributed by atoms with Gasteiger partial charge in [0.1, 0.15) is 0 Å². The van der Waals surface area contributed by atoms with Crippen LogP contribution in [0.25, 0.3) is 0 Å². The molecule has 0 saturated heterocycles. The van der Waals surface area contributed by atoms with Crippen molar-refractivity contribution < 1.29 is 23.1 Å². The number of sulfonamides is 1. The van der Waals surface area contributed by atoms with Crippen molar-refractivity contribution in [2.75, 3.05) is 6.54 Å². The summed E-state index contributed by atoms with van der Waals surface area (Å²) in [5, 5.41) is 11.7. The Morgan fingerprint density at radius 3 is 2.26 bits per heavy atom. The van der Waals surface area contributed by atoms with Gasteiger partial charge in [-0.2, -0.15) is 0 Å². The van der Waals surface area contributed by atoms with Crippen molar-refractivity contribution in [1.29, 1.82) is 0 Å². The molecule has 8 heteroatoms. The van der Waals surface area contributed by atoms with E-state index in [2.05, 4.69) is 10.0 Å². The summed E-state index contributed by atoms with van der Waals surface area (Å²) >= 11 is 0. The number of rotatable bonds is 7. The molecule has 0 bridgehead atoms. The van der Waals surface area contributed by atoms with Crippen molar-refractivity contribution in [3.05, 3.63) is 29.8 Å². The molecule has 0 heterocycles. The molecule has 0 radical (unpaired) electrons. The summed E-state index contributed by atoms with van der Waals surface area (Å²) in [6.07, 6.45) is 2.83. The Kier molecular flexibility index (Phi) is 3.89. The van der Waals surface area contributed by atoms with E-state index < -0.39 is 27.3 Å². The van der Waals surface area contributed by atoms with Crippen LogP contribution >= 0.6 is 0 Å². The summed E-state index contributed by atoms with van der Waals surface area (Å²) in [5.41, 5.74) is -0.524. The first-order valence-corrected chi connectivity index (χ1v) is 8.95. The molecule has 124 valence electrons. The SMILES string of the molecule is O=C(NCC1(C(=O)O)CC1)c1ccc(S(=O)(=O)NC2CC2)cc1. The molecule has 2 aliphatic carbocycles. The van der Waals surface area contributed by atoms with Crippen LogP contribution in [-0.4, -0.2) is 38.0 Å². The average Bonchev–Trinajstić information content (AvgIpc) is 3.40. The third-order valence-corrected chi connectivity index (χ3v) is 5.76. The lowest BCUT2D eigenvalue weighted by Crippen LogP contribution is -2.34. The van der Waals surface area contributed by atoms with Gasteiger partial charge in [-0.25, -0.2) is 13.1 Å². The van der Waals surface area contributed by atoms with E-state index in [9.17, 15) is 18.0 Å². The van der Waals surface area contributed by atoms with E-state index in [0.29, 0.717) is 18.4 Å². The van der Waals surface area contributed by atoms with E-state index in [1.54, 1.807) is 0 Å². The lowest BCUT2D eigenvalue weighted by Gasteiger charge is -2.11. The lowest BCUT2D eigenvalue weighted by molar-refractivity contribution is -0.143. The Hall–Kier alpha value is -1.93. The Morgan fingerprint density at radius 2 is 1.78 bits per heavy atom. The van der Waals surface area contributed by atoms with Crippen LogP contribution in [0.5, 0.6) is 0 Å². The molecule has 3 N–H and O–H groups in total. The topological polar surface area (TPSA) is 113 Å². The molecule has 3 rings (SSSR count). The normalized spacial score (nSPS) is 19.1. The molecule has 0 aliphatic heterocycles. The molecule has 1 amide bonds. The zero-order valence-electron chi connectivity index (χ0n) is 12.4. The van der Waals surface area contributed by atoms with Crippen LogP contribution < -0.4 is 10.0 Å². The van der Waals surface area contributed by atoms with Gasteiger partial charge >= 0.3 is 5.97 Å². The summed E-state index contributed by atoms with van der Waals surface area (Å²) in [4.78, 5) is 23.2. The number of hydrogen-bond donors (Lipinski definition) is 3. The summed E-state index contributed by atoms with van der Waals surface area (Å²) < 4.78 is 26.6. The van der Waals surface area contributed by atoms with Gasteiger partial charge in [0.05, 0.1) is 10.3 Å². The molecule has 2 fully saturated rings. The second-order valence-corrected chi connectivity index (χ2v) is 7.90. The molecule has 7 nitrogen and oxygen atoms in total. The van der Waals surface area contributed by atoms with Crippen molar-refractivity contribution in [1.82, 2.24) is 10.0 Å². The number of hydrogen-bond acceptors (Lipinski definition) is 4. The predicted molar refractivity (Wildman–Crippen MR) is 81.4 cm³/mol. The maximum atomic E-state index is 12.0. The Morgan fingerprint density at radius 1 is 1.17 bits per heavy atom. The molecular weight excluding hydrogens is 320 g/mol. The number of benzene rings is 1. The quantitative estimate of drug-likeness (QED) is 0.678. The maximum Gasteiger partial charge on any atom is 0.311 e. The number of carbonyl (C=O) groups is 2. The van der Waals surface area contributed by atoms with Crippen LogP contribution in [0.15, 0.2) is 29.2 Å². The molecule has 1 aromatic rings. The van der Waals surface area contributed by atoms with E-state index in [1.807, 2.05) is 0 Å². The van der Waals surface area contributed by atoms with Crippen LogP contribution in [0, 0.1) is 5.41 Å². The molecule has 23 heavy (non-hydrogen) atoms. The first-order chi connectivity index (χ1) is 10.8. The van der Waals surface area contributed by atoms with Gasteiger partial charge in [0.2, 0.25) is 10.0 Å². The van der Waals surface area contributed by atoms with E-state index >= 15 is 0 Å². The predicted octanol–water partition coefficient (Wildman–Crippen LogP) is 0.722. The monoisotopic (exact) mass is 338 g/mol. The second-order valence-electron chi connectivity index (χ2n) is 6.19. The minimum Gasteiger partial charge on any atom is -0.481 e. The smallest absolute Gasteiger partial charge is 0.311 e. The minimum absolute atomic E-state index is 0.0220. The van der Waals surface area contributed by atoms with Gasteiger partial charge in [-0.15, -0.1) is 0 Å². The molecule has 0 unspecified atom stereocenters. The van der Waals surface area contributed by atoms with Gasteiger partial charge < -0.3 is 10.4 Å². The van der Waals surface area contributed by atoms with Gasteiger partial charge in [0, 0.05) is 18.2 Å². The first kappa shape index (κ1) is 15.9. The summed E-state index contributed by atoms with van der Waals surface area (Å²) in [5.74, 6) is -1.30. The largest absolute Gasteiger partial charge is 0.481 e. The van der Waals surface area contributed by atoms with Gasteiger partial charge in [0.25, 0.3) is 5.91 Å². The van der Waals surface area contributed by atoms with E-state index in [-0.39, 0.29) is 17.5 Å². The van der Waals surface area contributed by atoms with E-state index in [0.717, 1.165) is 12.8 Å². The fourth-order valence-corrected chi connectivity index (χ4v) is 3.55. The molecule has 2 saturated carbocycles. The number of carbonyl (C=O) groups excluding carboxylic acids is 1. The van der Waals surface area contributed by atoms with Crippen LogP contribution in [0.1, 0.15) is 36.0 Å². The van der Waals surface area contributed by atoms with Gasteiger partial charge in [0.15, 0.2) is 0 Å². The number of carboxylic acid groups (broad SMARTS) is 1. The lowest BCUT2D eigenvalue weighted by atomic mass is 10.1. The van der Waals surface area contributed by atoms with Gasteiger partial charge in [-0.1, -0.05) is 0 Å². The number of carboxylic acids is 1. The van der Waals surface area contributed by atoms with E-state index in [1.165, 1.54) is 24.3 Å². The van der Waals surface area contributed by atoms with Crippen molar-refractivity contribution >= 4 is 21.9 Å².